The normalized spacial score (nSPS) is 14.8. The summed E-state index contributed by atoms with van der Waals surface area (Å²) < 4.78 is 61.4. The van der Waals surface area contributed by atoms with Crippen LogP contribution in [-0.4, -0.2) is 34.3 Å². The molecule has 2 N–H and O–H groups in total. The van der Waals surface area contributed by atoms with Gasteiger partial charge in [0.1, 0.15) is 17.2 Å². The number of carbonyl (C=O) groups excluding carboxylic acids is 2. The molecule has 218 valence electrons. The lowest BCUT2D eigenvalue weighted by molar-refractivity contribution is -0.274. The quantitative estimate of drug-likeness (QED) is 0.350. The van der Waals surface area contributed by atoms with Gasteiger partial charge in [-0.05, 0) is 56.2 Å². The number of carbonyl (C=O) groups is 2. The van der Waals surface area contributed by atoms with Gasteiger partial charge in [0.2, 0.25) is 0 Å². The second kappa shape index (κ2) is 11.9. The second-order valence-electron chi connectivity index (χ2n) is 10.2. The van der Waals surface area contributed by atoms with E-state index in [0.717, 1.165) is 12.1 Å². The number of nitrogens with one attached hydrogen (secondary N) is 2. The molecule has 3 aromatic rings. The number of hydrogen-bond donors (Lipinski definition) is 2. The van der Waals surface area contributed by atoms with Crippen molar-refractivity contribution in [2.24, 2.45) is 0 Å². The molecule has 0 saturated heterocycles. The van der Waals surface area contributed by atoms with Gasteiger partial charge in [0, 0.05) is 23.4 Å². The van der Waals surface area contributed by atoms with Crippen molar-refractivity contribution in [2.45, 2.75) is 56.8 Å². The van der Waals surface area contributed by atoms with Gasteiger partial charge in [-0.15, -0.1) is 24.9 Å². The number of ether oxygens (including phenoxy) is 2. The lowest BCUT2D eigenvalue weighted by atomic mass is 10.1. The molecule has 2 aromatic carbocycles. The van der Waals surface area contributed by atoms with Gasteiger partial charge in [-0.25, -0.2) is 9.18 Å². The molecule has 0 saturated carbocycles. The van der Waals surface area contributed by atoms with Gasteiger partial charge in [-0.1, -0.05) is 24.3 Å². The summed E-state index contributed by atoms with van der Waals surface area (Å²) in [5.74, 6) is -1.06. The van der Waals surface area contributed by atoms with Crippen molar-refractivity contribution in [1.29, 1.82) is 0 Å². The Hall–Kier alpha value is -4.00. The fraction of sp³-hybridized carbons (Fsp3) is 0.321. The van der Waals surface area contributed by atoms with Gasteiger partial charge in [0.25, 0.3) is 11.5 Å². The molecule has 2 amide bonds. The molecular formula is C28H27F4N3O5S. The standard InChI is InChI=1S/C28H27F4N3O5S/c1-27(2,3)40-26(38)34-21-15-41-23-20(24(36)33-12-16-4-8-18(29)9-5-16)14-35(25(37)22(21)23)13-17-6-10-19(11-7-17)39-28(30,31)32/h4-11,14,21H,12-13,15H2,1-3H3,(H,33,36)(H,34,38)/t21-/m0/s1. The molecular weight excluding hydrogens is 566 g/mol. The minimum atomic E-state index is -4.84. The van der Waals surface area contributed by atoms with E-state index in [1.165, 1.54) is 58.9 Å². The summed E-state index contributed by atoms with van der Waals surface area (Å²) in [5.41, 5.74) is 0.258. The lowest BCUT2D eigenvalue weighted by Gasteiger charge is -2.22. The van der Waals surface area contributed by atoms with Gasteiger partial charge < -0.3 is 24.7 Å². The highest BCUT2D eigenvalue weighted by atomic mass is 32.2. The molecule has 1 aliphatic heterocycles. The van der Waals surface area contributed by atoms with Crippen molar-refractivity contribution in [3.8, 4) is 5.75 Å². The highest BCUT2D eigenvalue weighted by molar-refractivity contribution is 7.99. The first-order valence-corrected chi connectivity index (χ1v) is 13.4. The molecule has 8 nitrogen and oxygen atoms in total. The van der Waals surface area contributed by atoms with Crippen LogP contribution in [-0.2, 0) is 17.8 Å². The molecule has 0 spiro atoms. The Balaban J connectivity index is 1.65. The van der Waals surface area contributed by atoms with Gasteiger partial charge in [0.15, 0.2) is 0 Å². The minimum absolute atomic E-state index is 0.0690. The topological polar surface area (TPSA) is 98.7 Å². The summed E-state index contributed by atoms with van der Waals surface area (Å²) in [5, 5.41) is 5.46. The molecule has 2 heterocycles. The second-order valence-corrected chi connectivity index (χ2v) is 11.3. The average molecular weight is 594 g/mol. The van der Waals surface area contributed by atoms with Crippen molar-refractivity contribution in [2.75, 3.05) is 5.75 Å². The zero-order valence-electron chi connectivity index (χ0n) is 22.3. The van der Waals surface area contributed by atoms with Crippen LogP contribution in [0.15, 0.2) is 64.4 Å². The van der Waals surface area contributed by atoms with E-state index in [0.29, 0.717) is 16.0 Å². The monoisotopic (exact) mass is 593 g/mol. The van der Waals surface area contributed by atoms with Crippen LogP contribution in [0.1, 0.15) is 53.9 Å². The Labute approximate surface area is 237 Å². The first-order chi connectivity index (χ1) is 19.2. The highest BCUT2D eigenvalue weighted by Crippen LogP contribution is 2.39. The first kappa shape index (κ1) is 30.0. The summed E-state index contributed by atoms with van der Waals surface area (Å²) in [4.78, 5) is 39.8. The number of thioether (sulfide) groups is 1. The summed E-state index contributed by atoms with van der Waals surface area (Å²) in [7, 11) is 0. The number of pyridine rings is 1. The van der Waals surface area contributed by atoms with Crippen LogP contribution in [0.25, 0.3) is 0 Å². The van der Waals surface area contributed by atoms with Gasteiger partial charge in [0.05, 0.1) is 23.7 Å². The van der Waals surface area contributed by atoms with Gasteiger partial charge >= 0.3 is 12.5 Å². The fourth-order valence-corrected chi connectivity index (χ4v) is 5.37. The summed E-state index contributed by atoms with van der Waals surface area (Å²) in [6, 6.07) is 9.85. The van der Waals surface area contributed by atoms with E-state index in [4.69, 9.17) is 4.74 Å². The number of halogens is 4. The molecule has 0 radical (unpaired) electrons. The van der Waals surface area contributed by atoms with Gasteiger partial charge in [-0.2, -0.15) is 0 Å². The third kappa shape index (κ3) is 8.03. The number of nitrogens with zero attached hydrogens (tertiary/aromatic N) is 1. The summed E-state index contributed by atoms with van der Waals surface area (Å²) >= 11 is 1.23. The van der Waals surface area contributed by atoms with E-state index in [-0.39, 0.29) is 30.0 Å². The molecule has 13 heteroatoms. The van der Waals surface area contributed by atoms with Crippen molar-refractivity contribution < 1.29 is 36.6 Å². The maximum Gasteiger partial charge on any atom is 0.573 e. The predicted octanol–water partition coefficient (Wildman–Crippen LogP) is 5.54. The van der Waals surface area contributed by atoms with Crippen molar-refractivity contribution in [3.63, 3.8) is 0 Å². The van der Waals surface area contributed by atoms with Crippen molar-refractivity contribution >= 4 is 23.8 Å². The first-order valence-electron chi connectivity index (χ1n) is 12.5. The number of rotatable bonds is 7. The third-order valence-electron chi connectivity index (χ3n) is 5.82. The number of amides is 2. The van der Waals surface area contributed by atoms with Crippen LogP contribution >= 0.6 is 11.8 Å². The van der Waals surface area contributed by atoms with Crippen LogP contribution in [0.4, 0.5) is 22.4 Å². The SMILES string of the molecule is CC(C)(C)OC(=O)N[C@H]1CSc2c(C(=O)NCc3ccc(F)cc3)cn(Cc3ccc(OC(F)(F)F)cc3)c(=O)c21. The zero-order chi connectivity index (χ0) is 29.9. The largest absolute Gasteiger partial charge is 0.573 e. The number of alkyl carbamates (subject to hydrolysis) is 1. The van der Waals surface area contributed by atoms with E-state index >= 15 is 0 Å². The van der Waals surface area contributed by atoms with Crippen LogP contribution in [0.3, 0.4) is 0 Å². The number of benzene rings is 2. The maximum absolute atomic E-state index is 13.6. The summed E-state index contributed by atoms with van der Waals surface area (Å²) in [6.45, 7) is 5.13. The zero-order valence-corrected chi connectivity index (χ0v) is 23.1. The van der Waals surface area contributed by atoms with Crippen LogP contribution in [0.2, 0.25) is 0 Å². The molecule has 0 fully saturated rings. The number of fused-ring (bicyclic) bond motifs is 1. The van der Waals surface area contributed by atoms with Crippen LogP contribution in [0, 0.1) is 5.82 Å². The van der Waals surface area contributed by atoms with E-state index in [1.54, 1.807) is 20.8 Å². The Morgan fingerprint density at radius 2 is 1.66 bits per heavy atom. The Kier molecular flexibility index (Phi) is 8.66. The molecule has 1 atom stereocenters. The number of hydrogen-bond acceptors (Lipinski definition) is 6. The van der Waals surface area contributed by atoms with Crippen LogP contribution < -0.4 is 20.9 Å². The molecule has 0 unspecified atom stereocenters. The van der Waals surface area contributed by atoms with E-state index < -0.39 is 47.1 Å². The Morgan fingerprint density at radius 3 is 2.27 bits per heavy atom. The van der Waals surface area contributed by atoms with Crippen LogP contribution in [0.5, 0.6) is 5.75 Å². The van der Waals surface area contributed by atoms with E-state index in [1.807, 2.05) is 0 Å². The fourth-order valence-electron chi connectivity index (χ4n) is 4.10. The van der Waals surface area contributed by atoms with Gasteiger partial charge in [-0.3, -0.25) is 9.59 Å². The molecule has 1 aliphatic rings. The molecule has 41 heavy (non-hydrogen) atoms. The third-order valence-corrected chi connectivity index (χ3v) is 7.05. The van der Waals surface area contributed by atoms with Crippen molar-refractivity contribution in [1.82, 2.24) is 15.2 Å². The average Bonchev–Trinajstić information content (AvgIpc) is 3.28. The smallest absolute Gasteiger partial charge is 0.444 e. The van der Waals surface area contributed by atoms with E-state index in [9.17, 15) is 31.9 Å². The molecule has 4 rings (SSSR count). The lowest BCUT2D eigenvalue weighted by Crippen LogP contribution is -2.38. The van der Waals surface area contributed by atoms with Crippen molar-refractivity contribution in [3.05, 3.63) is 93.2 Å². The Morgan fingerprint density at radius 1 is 1.02 bits per heavy atom. The number of alkyl halides is 3. The minimum Gasteiger partial charge on any atom is -0.444 e. The molecule has 1 aromatic heterocycles. The summed E-state index contributed by atoms with van der Waals surface area (Å²) in [6.07, 6.45) is -4.19. The predicted molar refractivity (Wildman–Crippen MR) is 143 cm³/mol. The highest BCUT2D eigenvalue weighted by Gasteiger charge is 2.34. The molecule has 0 bridgehead atoms. The maximum atomic E-state index is 13.6. The van der Waals surface area contributed by atoms with E-state index in [2.05, 4.69) is 15.4 Å². The Bertz CT molecular complexity index is 1480. The number of aromatic nitrogens is 1. The molecule has 0 aliphatic carbocycles.